The standard InChI is InChI=1S/C14H18N2O2S/c1-9-11(7-8-18-9)14(17)16-12(13(15)19)10-5-3-2-4-6-10/h2-6,9,11-12H,7-8H2,1H3,(H2,15,19)(H,16,17). The van der Waals surface area contributed by atoms with Crippen molar-refractivity contribution >= 4 is 23.1 Å². The Morgan fingerprint density at radius 2 is 2.16 bits per heavy atom. The van der Waals surface area contributed by atoms with Crippen LogP contribution in [0.4, 0.5) is 0 Å². The van der Waals surface area contributed by atoms with Crippen molar-refractivity contribution in [3.05, 3.63) is 35.9 Å². The van der Waals surface area contributed by atoms with Gasteiger partial charge in [0.25, 0.3) is 0 Å². The largest absolute Gasteiger partial charge is 0.391 e. The summed E-state index contributed by atoms with van der Waals surface area (Å²) in [5.41, 5.74) is 6.63. The minimum absolute atomic E-state index is 0.0494. The number of nitrogens with one attached hydrogen (secondary N) is 1. The van der Waals surface area contributed by atoms with Crippen LogP contribution in [0.5, 0.6) is 0 Å². The third-order valence-corrected chi connectivity index (χ3v) is 3.65. The Kier molecular flexibility index (Phi) is 4.50. The van der Waals surface area contributed by atoms with Crippen LogP contribution in [0.3, 0.4) is 0 Å². The van der Waals surface area contributed by atoms with E-state index in [4.69, 9.17) is 22.7 Å². The molecule has 0 spiro atoms. The lowest BCUT2D eigenvalue weighted by Crippen LogP contribution is -2.41. The molecule has 1 amide bonds. The minimum Gasteiger partial charge on any atom is -0.391 e. The molecule has 1 heterocycles. The number of benzene rings is 1. The van der Waals surface area contributed by atoms with Crippen molar-refractivity contribution in [2.75, 3.05) is 6.61 Å². The van der Waals surface area contributed by atoms with Gasteiger partial charge in [-0.3, -0.25) is 4.79 Å². The van der Waals surface area contributed by atoms with Crippen LogP contribution in [-0.2, 0) is 9.53 Å². The van der Waals surface area contributed by atoms with Crippen LogP contribution in [-0.4, -0.2) is 23.6 Å². The molecule has 1 aromatic rings. The van der Waals surface area contributed by atoms with Crippen molar-refractivity contribution in [3.8, 4) is 0 Å². The SMILES string of the molecule is CC1OCCC1C(=O)NC(C(N)=S)c1ccccc1. The van der Waals surface area contributed by atoms with Crippen molar-refractivity contribution in [3.63, 3.8) is 0 Å². The monoisotopic (exact) mass is 278 g/mol. The van der Waals surface area contributed by atoms with Gasteiger partial charge in [-0.2, -0.15) is 0 Å². The molecule has 0 aromatic heterocycles. The molecule has 1 saturated heterocycles. The molecule has 1 aromatic carbocycles. The molecule has 102 valence electrons. The maximum absolute atomic E-state index is 12.2. The number of hydrogen-bond donors (Lipinski definition) is 2. The van der Waals surface area contributed by atoms with Crippen molar-refractivity contribution < 1.29 is 9.53 Å². The zero-order valence-corrected chi connectivity index (χ0v) is 11.7. The molecule has 19 heavy (non-hydrogen) atoms. The van der Waals surface area contributed by atoms with Gasteiger partial charge in [0.15, 0.2) is 0 Å². The summed E-state index contributed by atoms with van der Waals surface area (Å²) in [7, 11) is 0. The van der Waals surface area contributed by atoms with E-state index in [9.17, 15) is 4.79 Å². The first-order valence-electron chi connectivity index (χ1n) is 6.36. The predicted octanol–water partition coefficient (Wildman–Crippen LogP) is 1.55. The summed E-state index contributed by atoms with van der Waals surface area (Å²) in [5.74, 6) is -0.174. The lowest BCUT2D eigenvalue weighted by atomic mass is 10.00. The van der Waals surface area contributed by atoms with Crippen LogP contribution < -0.4 is 11.1 Å². The second-order valence-electron chi connectivity index (χ2n) is 4.73. The molecule has 3 N–H and O–H groups in total. The molecular weight excluding hydrogens is 260 g/mol. The Hall–Kier alpha value is -1.46. The van der Waals surface area contributed by atoms with Gasteiger partial charge in [0.2, 0.25) is 5.91 Å². The van der Waals surface area contributed by atoms with E-state index in [1.807, 2.05) is 37.3 Å². The van der Waals surface area contributed by atoms with Gasteiger partial charge in [0.05, 0.1) is 12.0 Å². The highest BCUT2D eigenvalue weighted by Gasteiger charge is 2.32. The molecule has 3 atom stereocenters. The molecule has 1 fully saturated rings. The first kappa shape index (κ1) is 14.0. The fourth-order valence-corrected chi connectivity index (χ4v) is 2.48. The molecular formula is C14H18N2O2S. The van der Waals surface area contributed by atoms with E-state index in [0.29, 0.717) is 6.61 Å². The van der Waals surface area contributed by atoms with Crippen LogP contribution in [0.1, 0.15) is 24.9 Å². The van der Waals surface area contributed by atoms with Gasteiger partial charge in [-0.15, -0.1) is 0 Å². The van der Waals surface area contributed by atoms with Gasteiger partial charge in [-0.25, -0.2) is 0 Å². The van der Waals surface area contributed by atoms with Crippen LogP contribution >= 0.6 is 12.2 Å². The third kappa shape index (κ3) is 3.30. The fraction of sp³-hybridized carbons (Fsp3) is 0.429. The van der Waals surface area contributed by atoms with Gasteiger partial charge in [-0.1, -0.05) is 42.5 Å². The highest BCUT2D eigenvalue weighted by molar-refractivity contribution is 7.80. The summed E-state index contributed by atoms with van der Waals surface area (Å²) >= 11 is 5.05. The van der Waals surface area contributed by atoms with Gasteiger partial charge in [0.1, 0.15) is 11.0 Å². The van der Waals surface area contributed by atoms with E-state index in [1.54, 1.807) is 0 Å². The molecule has 0 radical (unpaired) electrons. The smallest absolute Gasteiger partial charge is 0.226 e. The van der Waals surface area contributed by atoms with Crippen LogP contribution in [0.2, 0.25) is 0 Å². The molecule has 4 nitrogen and oxygen atoms in total. The third-order valence-electron chi connectivity index (χ3n) is 3.42. The van der Waals surface area contributed by atoms with Crippen molar-refractivity contribution in [2.45, 2.75) is 25.5 Å². The van der Waals surface area contributed by atoms with E-state index in [-0.39, 0.29) is 22.9 Å². The van der Waals surface area contributed by atoms with Crippen molar-refractivity contribution in [1.82, 2.24) is 5.32 Å². The lowest BCUT2D eigenvalue weighted by Gasteiger charge is -2.21. The molecule has 1 aliphatic rings. The maximum Gasteiger partial charge on any atom is 0.226 e. The minimum atomic E-state index is -0.420. The summed E-state index contributed by atoms with van der Waals surface area (Å²) in [4.78, 5) is 12.5. The van der Waals surface area contributed by atoms with E-state index in [0.717, 1.165) is 12.0 Å². The number of nitrogens with two attached hydrogens (primary N) is 1. The Labute approximate surface area is 118 Å². The number of rotatable bonds is 4. The quantitative estimate of drug-likeness (QED) is 0.820. The number of amides is 1. The Morgan fingerprint density at radius 3 is 2.68 bits per heavy atom. The summed E-state index contributed by atoms with van der Waals surface area (Å²) in [5, 5.41) is 2.92. The Balaban J connectivity index is 2.09. The highest BCUT2D eigenvalue weighted by atomic mass is 32.1. The maximum atomic E-state index is 12.2. The van der Waals surface area contributed by atoms with Gasteiger partial charge in [0, 0.05) is 6.61 Å². The topological polar surface area (TPSA) is 64.3 Å². The Morgan fingerprint density at radius 1 is 1.47 bits per heavy atom. The predicted molar refractivity (Wildman–Crippen MR) is 77.6 cm³/mol. The molecule has 0 bridgehead atoms. The number of thiocarbonyl (C=S) groups is 1. The summed E-state index contributed by atoms with van der Waals surface area (Å²) in [6, 6.07) is 9.09. The lowest BCUT2D eigenvalue weighted by molar-refractivity contribution is -0.126. The molecule has 0 saturated carbocycles. The molecule has 5 heteroatoms. The van der Waals surface area contributed by atoms with Crippen LogP contribution in [0.15, 0.2) is 30.3 Å². The molecule has 2 rings (SSSR count). The summed E-state index contributed by atoms with van der Waals surface area (Å²) in [6.45, 7) is 2.54. The van der Waals surface area contributed by atoms with Gasteiger partial charge >= 0.3 is 0 Å². The first-order chi connectivity index (χ1) is 9.09. The van der Waals surface area contributed by atoms with Crippen molar-refractivity contribution in [1.29, 1.82) is 0 Å². The number of carbonyl (C=O) groups is 1. The van der Waals surface area contributed by atoms with E-state index in [2.05, 4.69) is 5.32 Å². The fourth-order valence-electron chi connectivity index (χ4n) is 2.29. The number of carbonyl (C=O) groups excluding carboxylic acids is 1. The van der Waals surface area contributed by atoms with Gasteiger partial charge in [-0.05, 0) is 18.9 Å². The van der Waals surface area contributed by atoms with E-state index >= 15 is 0 Å². The highest BCUT2D eigenvalue weighted by Crippen LogP contribution is 2.22. The van der Waals surface area contributed by atoms with Crippen LogP contribution in [0, 0.1) is 5.92 Å². The van der Waals surface area contributed by atoms with E-state index in [1.165, 1.54) is 0 Å². The Bertz CT molecular complexity index is 464. The second kappa shape index (κ2) is 6.12. The normalized spacial score (nSPS) is 23.8. The molecule has 3 unspecified atom stereocenters. The van der Waals surface area contributed by atoms with Crippen LogP contribution in [0.25, 0.3) is 0 Å². The molecule has 1 aliphatic heterocycles. The average molecular weight is 278 g/mol. The first-order valence-corrected chi connectivity index (χ1v) is 6.76. The summed E-state index contributed by atoms with van der Waals surface area (Å²) < 4.78 is 5.41. The van der Waals surface area contributed by atoms with Crippen molar-refractivity contribution in [2.24, 2.45) is 11.7 Å². The second-order valence-corrected chi connectivity index (χ2v) is 5.20. The zero-order valence-electron chi connectivity index (χ0n) is 10.8. The molecule has 0 aliphatic carbocycles. The van der Waals surface area contributed by atoms with Gasteiger partial charge < -0.3 is 15.8 Å². The number of hydrogen-bond acceptors (Lipinski definition) is 3. The van der Waals surface area contributed by atoms with E-state index < -0.39 is 6.04 Å². The zero-order chi connectivity index (χ0) is 13.8. The summed E-state index contributed by atoms with van der Waals surface area (Å²) in [6.07, 6.45) is 0.689. The average Bonchev–Trinajstić information content (AvgIpc) is 2.82. The number of ether oxygens (including phenoxy) is 1.